The maximum absolute atomic E-state index is 5.33. The number of hydrogen-bond acceptors (Lipinski definition) is 3. The molecule has 0 unspecified atom stereocenters. The van der Waals surface area contributed by atoms with Gasteiger partial charge >= 0.3 is 0 Å². The summed E-state index contributed by atoms with van der Waals surface area (Å²) in [5, 5.41) is 0. The summed E-state index contributed by atoms with van der Waals surface area (Å²) in [6, 6.07) is 0.603. The van der Waals surface area contributed by atoms with Crippen LogP contribution in [0.3, 0.4) is 0 Å². The summed E-state index contributed by atoms with van der Waals surface area (Å²) in [6.45, 7) is 6.95. The van der Waals surface area contributed by atoms with Gasteiger partial charge in [0.1, 0.15) is 0 Å². The lowest BCUT2D eigenvalue weighted by Crippen LogP contribution is -2.29. The Kier molecular flexibility index (Phi) is 3.98. The van der Waals surface area contributed by atoms with Crippen LogP contribution >= 0.6 is 0 Å². The molecule has 0 radical (unpaired) electrons. The second-order valence-electron chi connectivity index (χ2n) is 3.53. The molecule has 0 aromatic rings. The van der Waals surface area contributed by atoms with Crippen molar-refractivity contribution in [3.8, 4) is 0 Å². The molecule has 0 aliphatic carbocycles. The predicted octanol–water partition coefficient (Wildman–Crippen LogP) is 1.09. The summed E-state index contributed by atoms with van der Waals surface area (Å²) in [7, 11) is 2.12. The van der Waals surface area contributed by atoms with E-state index >= 15 is 0 Å². The van der Waals surface area contributed by atoms with Gasteiger partial charge in [-0.2, -0.15) is 0 Å². The number of nitrogens with zero attached hydrogens (tertiary/aromatic N) is 1. The van der Waals surface area contributed by atoms with E-state index in [4.69, 9.17) is 9.47 Å². The highest BCUT2D eigenvalue weighted by molar-refractivity contribution is 4.60. The van der Waals surface area contributed by atoms with Gasteiger partial charge in [-0.3, -0.25) is 0 Å². The van der Waals surface area contributed by atoms with Crippen LogP contribution in [0.5, 0.6) is 0 Å². The Balaban J connectivity index is 2.07. The first-order chi connectivity index (χ1) is 5.70. The fourth-order valence-electron chi connectivity index (χ4n) is 1.14. The van der Waals surface area contributed by atoms with E-state index < -0.39 is 0 Å². The fourth-order valence-corrected chi connectivity index (χ4v) is 1.14. The Labute approximate surface area is 74.6 Å². The van der Waals surface area contributed by atoms with E-state index in [1.54, 1.807) is 0 Å². The first-order valence-corrected chi connectivity index (χ1v) is 4.63. The van der Waals surface area contributed by atoms with E-state index in [1.807, 2.05) is 0 Å². The Bertz CT molecular complexity index is 120. The normalized spacial score (nSPS) is 19.8. The van der Waals surface area contributed by atoms with Gasteiger partial charge in [-0.15, -0.1) is 0 Å². The lowest BCUT2D eigenvalue weighted by Gasteiger charge is -2.21. The van der Waals surface area contributed by atoms with Crippen molar-refractivity contribution in [2.45, 2.75) is 32.6 Å². The number of hydrogen-bond donors (Lipinski definition) is 0. The van der Waals surface area contributed by atoms with Gasteiger partial charge < -0.3 is 14.4 Å². The Morgan fingerprint density at radius 2 is 1.92 bits per heavy atom. The first kappa shape index (κ1) is 9.96. The van der Waals surface area contributed by atoms with Gasteiger partial charge in [-0.1, -0.05) is 0 Å². The summed E-state index contributed by atoms with van der Waals surface area (Å²) in [6.07, 6.45) is 1.03. The van der Waals surface area contributed by atoms with Gasteiger partial charge in [0.15, 0.2) is 6.29 Å². The van der Waals surface area contributed by atoms with Gasteiger partial charge in [-0.25, -0.2) is 0 Å². The average molecular weight is 173 g/mol. The van der Waals surface area contributed by atoms with E-state index in [0.29, 0.717) is 6.04 Å². The molecule has 1 fully saturated rings. The van der Waals surface area contributed by atoms with E-state index in [0.717, 1.165) is 26.2 Å². The number of ether oxygens (including phenoxy) is 2. The minimum absolute atomic E-state index is 0.0474. The van der Waals surface area contributed by atoms with E-state index in [-0.39, 0.29) is 6.29 Å². The van der Waals surface area contributed by atoms with Crippen molar-refractivity contribution in [3.05, 3.63) is 0 Å². The lowest BCUT2D eigenvalue weighted by molar-refractivity contribution is -0.0515. The molecule has 12 heavy (non-hydrogen) atoms. The molecule has 3 nitrogen and oxygen atoms in total. The molecule has 0 aromatic carbocycles. The van der Waals surface area contributed by atoms with Crippen LogP contribution < -0.4 is 0 Å². The fraction of sp³-hybridized carbons (Fsp3) is 1.00. The SMILES string of the molecule is CC(C)N(C)CCC1OCCO1. The maximum atomic E-state index is 5.33. The zero-order chi connectivity index (χ0) is 8.97. The monoisotopic (exact) mass is 173 g/mol. The summed E-state index contributed by atoms with van der Waals surface area (Å²) in [4.78, 5) is 2.30. The Hall–Kier alpha value is -0.120. The van der Waals surface area contributed by atoms with Gasteiger partial charge in [-0.05, 0) is 20.9 Å². The summed E-state index contributed by atoms with van der Waals surface area (Å²) in [5.41, 5.74) is 0. The van der Waals surface area contributed by atoms with E-state index in [9.17, 15) is 0 Å². The second-order valence-corrected chi connectivity index (χ2v) is 3.53. The van der Waals surface area contributed by atoms with Crippen LogP contribution in [0.2, 0.25) is 0 Å². The standard InChI is InChI=1S/C9H19NO2/c1-8(2)10(3)5-4-9-11-6-7-12-9/h8-9H,4-7H2,1-3H3. The minimum Gasteiger partial charge on any atom is -0.350 e. The predicted molar refractivity (Wildman–Crippen MR) is 48.1 cm³/mol. The average Bonchev–Trinajstić information content (AvgIpc) is 2.51. The lowest BCUT2D eigenvalue weighted by atomic mass is 10.3. The quantitative estimate of drug-likeness (QED) is 0.635. The topological polar surface area (TPSA) is 21.7 Å². The highest BCUT2D eigenvalue weighted by Crippen LogP contribution is 2.08. The van der Waals surface area contributed by atoms with Crippen LogP contribution in [0.15, 0.2) is 0 Å². The van der Waals surface area contributed by atoms with E-state index in [2.05, 4.69) is 25.8 Å². The first-order valence-electron chi connectivity index (χ1n) is 4.63. The Morgan fingerprint density at radius 1 is 1.33 bits per heavy atom. The third-order valence-corrected chi connectivity index (χ3v) is 2.29. The molecule has 3 heteroatoms. The molecule has 1 aliphatic rings. The maximum Gasteiger partial charge on any atom is 0.159 e. The van der Waals surface area contributed by atoms with Crippen LogP contribution in [0.25, 0.3) is 0 Å². The molecular weight excluding hydrogens is 154 g/mol. The summed E-state index contributed by atoms with van der Waals surface area (Å²) >= 11 is 0. The van der Waals surface area contributed by atoms with Crippen molar-refractivity contribution in [2.75, 3.05) is 26.8 Å². The van der Waals surface area contributed by atoms with Crippen molar-refractivity contribution < 1.29 is 9.47 Å². The highest BCUT2D eigenvalue weighted by Gasteiger charge is 2.16. The largest absolute Gasteiger partial charge is 0.350 e. The van der Waals surface area contributed by atoms with Crippen LogP contribution in [0.4, 0.5) is 0 Å². The molecule has 1 heterocycles. The van der Waals surface area contributed by atoms with Crippen molar-refractivity contribution in [1.29, 1.82) is 0 Å². The second kappa shape index (κ2) is 4.80. The van der Waals surface area contributed by atoms with Crippen molar-refractivity contribution in [1.82, 2.24) is 4.90 Å². The third kappa shape index (κ3) is 3.09. The molecule has 0 amide bonds. The van der Waals surface area contributed by atoms with Crippen molar-refractivity contribution >= 4 is 0 Å². The summed E-state index contributed by atoms with van der Waals surface area (Å²) < 4.78 is 10.7. The number of rotatable bonds is 4. The van der Waals surface area contributed by atoms with Crippen molar-refractivity contribution in [3.63, 3.8) is 0 Å². The molecule has 0 saturated carbocycles. The molecule has 1 rings (SSSR count). The highest BCUT2D eigenvalue weighted by atomic mass is 16.7. The molecule has 0 aromatic heterocycles. The zero-order valence-electron chi connectivity index (χ0n) is 8.25. The molecular formula is C9H19NO2. The van der Waals surface area contributed by atoms with Gasteiger partial charge in [0.2, 0.25) is 0 Å². The van der Waals surface area contributed by atoms with Crippen LogP contribution in [-0.2, 0) is 9.47 Å². The molecule has 0 spiro atoms. The minimum atomic E-state index is 0.0474. The Morgan fingerprint density at radius 3 is 2.42 bits per heavy atom. The molecule has 0 N–H and O–H groups in total. The van der Waals surface area contributed by atoms with E-state index in [1.165, 1.54) is 0 Å². The molecule has 0 bridgehead atoms. The zero-order valence-corrected chi connectivity index (χ0v) is 8.25. The molecule has 1 aliphatic heterocycles. The van der Waals surface area contributed by atoms with Gasteiger partial charge in [0, 0.05) is 19.0 Å². The molecule has 72 valence electrons. The third-order valence-electron chi connectivity index (χ3n) is 2.29. The van der Waals surface area contributed by atoms with Crippen LogP contribution in [0, 0.1) is 0 Å². The van der Waals surface area contributed by atoms with Gasteiger partial charge in [0.05, 0.1) is 13.2 Å². The molecule has 1 saturated heterocycles. The molecule has 0 atom stereocenters. The summed E-state index contributed by atoms with van der Waals surface area (Å²) in [5.74, 6) is 0. The van der Waals surface area contributed by atoms with Crippen molar-refractivity contribution in [2.24, 2.45) is 0 Å². The van der Waals surface area contributed by atoms with Gasteiger partial charge in [0.25, 0.3) is 0 Å². The van der Waals surface area contributed by atoms with Crippen LogP contribution in [-0.4, -0.2) is 44.0 Å². The van der Waals surface area contributed by atoms with Crippen LogP contribution in [0.1, 0.15) is 20.3 Å². The smallest absolute Gasteiger partial charge is 0.159 e.